The Morgan fingerprint density at radius 2 is 0.826 bits per heavy atom. The molecule has 0 radical (unpaired) electrons. The van der Waals surface area contributed by atoms with Crippen molar-refractivity contribution in [2.45, 2.75) is 37.9 Å². The number of hydrogen-bond donors (Lipinski definition) is 0. The first-order chi connectivity index (χ1) is 22.7. The number of pyridine rings is 2. The summed E-state index contributed by atoms with van der Waals surface area (Å²) in [6, 6.07) is 44.0. The van der Waals surface area contributed by atoms with Crippen molar-refractivity contribution >= 4 is 5.78 Å². The molecule has 0 spiro atoms. The molecule has 2 unspecified atom stereocenters. The average molecular weight is 605 g/mol. The molecule has 46 heavy (non-hydrogen) atoms. The lowest BCUT2D eigenvalue weighted by atomic mass is 9.78. The molecule has 5 heteroatoms. The lowest BCUT2D eigenvalue weighted by Crippen LogP contribution is -2.24. The monoisotopic (exact) mass is 604 g/mol. The van der Waals surface area contributed by atoms with Gasteiger partial charge in [-0.25, -0.2) is 0 Å². The normalized spacial score (nSPS) is 12.2. The van der Waals surface area contributed by atoms with Crippen LogP contribution in [0.25, 0.3) is 0 Å². The van der Waals surface area contributed by atoms with E-state index in [4.69, 9.17) is 9.47 Å². The van der Waals surface area contributed by atoms with Crippen molar-refractivity contribution in [3.05, 3.63) is 192 Å². The molecule has 0 saturated heterocycles. The van der Waals surface area contributed by atoms with Crippen LogP contribution < -0.4 is 9.47 Å². The Balaban J connectivity index is 1.26. The second-order valence-corrected chi connectivity index (χ2v) is 11.3. The van der Waals surface area contributed by atoms with Gasteiger partial charge in [0.25, 0.3) is 0 Å². The van der Waals surface area contributed by atoms with E-state index in [0.717, 1.165) is 44.9 Å². The summed E-state index contributed by atoms with van der Waals surface area (Å²) < 4.78 is 12.1. The number of carbonyl (C=O) groups is 1. The highest BCUT2D eigenvalue weighted by molar-refractivity contribution is 5.92. The average Bonchev–Trinajstić information content (AvgIpc) is 3.13. The van der Waals surface area contributed by atoms with Crippen LogP contribution in [0, 0.1) is 0 Å². The molecule has 6 rings (SSSR count). The molecule has 0 fully saturated rings. The summed E-state index contributed by atoms with van der Waals surface area (Å²) >= 11 is 0. The molecule has 0 aliphatic heterocycles. The number of nitrogens with zero attached hydrogens (tertiary/aromatic N) is 2. The summed E-state index contributed by atoms with van der Waals surface area (Å²) in [5.74, 6) is 0.951. The maximum absolute atomic E-state index is 14.8. The van der Waals surface area contributed by atoms with Gasteiger partial charge in [-0.3, -0.25) is 14.8 Å². The predicted octanol–water partition coefficient (Wildman–Crippen LogP) is 8.56. The van der Waals surface area contributed by atoms with Crippen LogP contribution in [0.2, 0.25) is 0 Å². The van der Waals surface area contributed by atoms with E-state index in [1.807, 2.05) is 133 Å². The topological polar surface area (TPSA) is 61.3 Å². The van der Waals surface area contributed by atoms with Gasteiger partial charge in [0.2, 0.25) is 0 Å². The zero-order valence-electron chi connectivity index (χ0n) is 25.6. The second-order valence-electron chi connectivity index (χ2n) is 11.3. The van der Waals surface area contributed by atoms with Gasteiger partial charge in [0.1, 0.15) is 30.5 Å². The van der Waals surface area contributed by atoms with Crippen molar-refractivity contribution in [3.8, 4) is 11.5 Å². The number of rotatable bonds is 14. The smallest absolute Gasteiger partial charge is 0.148 e. The third kappa shape index (κ3) is 8.33. The van der Waals surface area contributed by atoms with Crippen molar-refractivity contribution in [2.24, 2.45) is 0 Å². The number of benzene rings is 4. The van der Waals surface area contributed by atoms with Crippen molar-refractivity contribution in [2.75, 3.05) is 0 Å². The van der Waals surface area contributed by atoms with Crippen LogP contribution in [0.1, 0.15) is 45.2 Å². The Hall–Kier alpha value is -5.55. The van der Waals surface area contributed by atoms with Gasteiger partial charge in [-0.15, -0.1) is 0 Å². The molecule has 2 aromatic heterocycles. The maximum atomic E-state index is 14.8. The van der Waals surface area contributed by atoms with Crippen LogP contribution in [0.3, 0.4) is 0 Å². The highest BCUT2D eigenvalue weighted by Gasteiger charge is 2.30. The van der Waals surface area contributed by atoms with Gasteiger partial charge in [0, 0.05) is 36.6 Å². The Labute approximate surface area is 270 Å². The molecule has 2 heterocycles. The molecule has 0 aliphatic rings. The second kappa shape index (κ2) is 15.4. The molecular formula is C41H36N2O3. The number of aromatic nitrogens is 2. The number of ketones is 1. The van der Waals surface area contributed by atoms with E-state index in [2.05, 4.69) is 9.97 Å². The highest BCUT2D eigenvalue weighted by Crippen LogP contribution is 2.33. The zero-order valence-corrected chi connectivity index (χ0v) is 25.6. The largest absolute Gasteiger partial charge is 0.489 e. The summed E-state index contributed by atoms with van der Waals surface area (Å²) in [6.45, 7) is 0.969. The van der Waals surface area contributed by atoms with Gasteiger partial charge >= 0.3 is 0 Å². The van der Waals surface area contributed by atoms with E-state index in [1.54, 1.807) is 24.8 Å². The van der Waals surface area contributed by atoms with Gasteiger partial charge in [-0.2, -0.15) is 0 Å². The minimum Gasteiger partial charge on any atom is -0.489 e. The van der Waals surface area contributed by atoms with Crippen LogP contribution in [-0.2, 0) is 30.8 Å². The quantitative estimate of drug-likeness (QED) is 0.125. The molecule has 0 amide bonds. The first-order valence-corrected chi connectivity index (χ1v) is 15.6. The van der Waals surface area contributed by atoms with E-state index in [1.165, 1.54) is 0 Å². The number of carbonyl (C=O) groups excluding carboxylic acids is 1. The third-order valence-electron chi connectivity index (χ3n) is 8.13. The predicted molar refractivity (Wildman–Crippen MR) is 181 cm³/mol. The van der Waals surface area contributed by atoms with Crippen LogP contribution in [-0.4, -0.2) is 15.8 Å². The van der Waals surface area contributed by atoms with Gasteiger partial charge < -0.3 is 9.47 Å². The van der Waals surface area contributed by atoms with E-state index in [9.17, 15) is 4.79 Å². The SMILES string of the molecule is O=C(C(Cc1ccncc1)c1ccc(OCc2ccccc2)cc1)C(Cc1ccncc1)c1ccc(OCc2ccccc2)cc1. The fourth-order valence-corrected chi connectivity index (χ4v) is 5.59. The Bertz CT molecular complexity index is 1640. The first kappa shape index (κ1) is 30.5. The summed E-state index contributed by atoms with van der Waals surface area (Å²) in [4.78, 5) is 23.1. The van der Waals surface area contributed by atoms with Gasteiger partial charge in [-0.1, -0.05) is 84.9 Å². The van der Waals surface area contributed by atoms with Crippen LogP contribution in [0.15, 0.2) is 158 Å². The number of Topliss-reactive ketones (excluding diaryl/α,β-unsaturated/α-hetero) is 1. The van der Waals surface area contributed by atoms with Crippen molar-refractivity contribution in [1.29, 1.82) is 0 Å². The highest BCUT2D eigenvalue weighted by atomic mass is 16.5. The number of ether oxygens (including phenoxy) is 2. The van der Waals surface area contributed by atoms with Crippen molar-refractivity contribution < 1.29 is 14.3 Å². The fourth-order valence-electron chi connectivity index (χ4n) is 5.59. The maximum Gasteiger partial charge on any atom is 0.148 e. The number of hydrogen-bond acceptors (Lipinski definition) is 5. The molecule has 228 valence electrons. The summed E-state index contributed by atoms with van der Waals surface area (Å²) in [7, 11) is 0. The fraction of sp³-hybridized carbons (Fsp3) is 0.146. The molecule has 2 atom stereocenters. The Kier molecular flexibility index (Phi) is 10.2. The summed E-state index contributed by atoms with van der Waals surface area (Å²) in [6.07, 6.45) is 8.24. The first-order valence-electron chi connectivity index (χ1n) is 15.6. The third-order valence-corrected chi connectivity index (χ3v) is 8.13. The van der Waals surface area contributed by atoms with Crippen molar-refractivity contribution in [3.63, 3.8) is 0 Å². The molecule has 4 aromatic carbocycles. The van der Waals surface area contributed by atoms with E-state index >= 15 is 0 Å². The van der Waals surface area contributed by atoms with E-state index < -0.39 is 0 Å². The standard InChI is InChI=1S/C41H36N2O3/c44-41(39(27-31-19-23-42-24-20-31)35-11-15-37(16-12-35)45-29-33-7-3-1-4-8-33)40(28-32-21-25-43-26-22-32)36-13-17-38(18-14-36)46-30-34-9-5-2-6-10-34/h1-26,39-40H,27-30H2. The molecule has 6 aromatic rings. The lowest BCUT2D eigenvalue weighted by molar-refractivity contribution is -0.122. The van der Waals surface area contributed by atoms with Gasteiger partial charge in [-0.05, 0) is 94.8 Å². The molecule has 0 saturated carbocycles. The molecule has 0 aliphatic carbocycles. The van der Waals surface area contributed by atoms with E-state index in [0.29, 0.717) is 26.1 Å². The van der Waals surface area contributed by atoms with Gasteiger partial charge in [0.05, 0.1) is 0 Å². The lowest BCUT2D eigenvalue weighted by Gasteiger charge is -2.24. The molecular weight excluding hydrogens is 568 g/mol. The van der Waals surface area contributed by atoms with Crippen LogP contribution >= 0.6 is 0 Å². The van der Waals surface area contributed by atoms with Crippen molar-refractivity contribution in [1.82, 2.24) is 9.97 Å². The Morgan fingerprint density at radius 3 is 1.20 bits per heavy atom. The van der Waals surface area contributed by atoms with Gasteiger partial charge in [0.15, 0.2) is 0 Å². The van der Waals surface area contributed by atoms with Crippen LogP contribution in [0.5, 0.6) is 11.5 Å². The summed E-state index contributed by atoms with van der Waals surface area (Å²) in [5, 5.41) is 0. The zero-order chi connectivity index (χ0) is 31.4. The molecule has 0 N–H and O–H groups in total. The minimum absolute atomic E-state index is 0.157. The molecule has 0 bridgehead atoms. The van der Waals surface area contributed by atoms with Crippen LogP contribution in [0.4, 0.5) is 0 Å². The Morgan fingerprint density at radius 1 is 0.457 bits per heavy atom. The van der Waals surface area contributed by atoms with E-state index in [-0.39, 0.29) is 17.6 Å². The summed E-state index contributed by atoms with van der Waals surface area (Å²) in [5.41, 5.74) is 6.24. The minimum atomic E-state index is -0.369. The molecule has 5 nitrogen and oxygen atoms in total.